The van der Waals surface area contributed by atoms with Crippen LogP contribution < -0.4 is 10.6 Å². The molecule has 1 unspecified atom stereocenters. The van der Waals surface area contributed by atoms with Crippen LogP contribution in [0.15, 0.2) is 12.1 Å². The van der Waals surface area contributed by atoms with Crippen LogP contribution in [0.2, 0.25) is 0 Å². The summed E-state index contributed by atoms with van der Waals surface area (Å²) in [6.45, 7) is 1.57. The first-order valence-electron chi connectivity index (χ1n) is 5.92. The molecule has 2 rings (SSSR count). The molecule has 1 aromatic heterocycles. The van der Waals surface area contributed by atoms with E-state index in [0.29, 0.717) is 17.5 Å². The molecule has 98 valence electrons. The minimum absolute atomic E-state index is 0.00376. The van der Waals surface area contributed by atoms with Gasteiger partial charge in [0.25, 0.3) is 5.91 Å². The number of nitrogens with zero attached hydrogens (tertiary/aromatic N) is 1. The standard InChI is InChI=1S/C11H15N3O3S/c15-11(9-4-5-10(18-9)14(16)17)13-7-8-3-1-2-6-12-8/h4-5,8,12H,1-3,6-7H2,(H,13,15). The normalized spacial score (nSPS) is 19.4. The lowest BCUT2D eigenvalue weighted by atomic mass is 10.1. The fraction of sp³-hybridized carbons (Fsp3) is 0.545. The van der Waals surface area contributed by atoms with E-state index in [-0.39, 0.29) is 10.9 Å². The first-order valence-corrected chi connectivity index (χ1v) is 6.74. The minimum atomic E-state index is -0.482. The van der Waals surface area contributed by atoms with E-state index >= 15 is 0 Å². The lowest BCUT2D eigenvalue weighted by Gasteiger charge is -2.23. The van der Waals surface area contributed by atoms with Gasteiger partial charge in [0.1, 0.15) is 0 Å². The molecule has 0 saturated carbocycles. The third kappa shape index (κ3) is 3.27. The molecule has 1 atom stereocenters. The van der Waals surface area contributed by atoms with E-state index in [9.17, 15) is 14.9 Å². The maximum Gasteiger partial charge on any atom is 0.324 e. The van der Waals surface area contributed by atoms with E-state index in [2.05, 4.69) is 10.6 Å². The Morgan fingerprint density at radius 2 is 2.39 bits per heavy atom. The van der Waals surface area contributed by atoms with Gasteiger partial charge in [0.15, 0.2) is 0 Å². The molecule has 0 radical (unpaired) electrons. The van der Waals surface area contributed by atoms with Crippen LogP contribution in [0.3, 0.4) is 0 Å². The van der Waals surface area contributed by atoms with Gasteiger partial charge >= 0.3 is 5.00 Å². The highest BCUT2D eigenvalue weighted by Crippen LogP contribution is 2.23. The molecule has 1 saturated heterocycles. The number of nitro groups is 1. The number of nitrogens with one attached hydrogen (secondary N) is 2. The van der Waals surface area contributed by atoms with E-state index < -0.39 is 4.92 Å². The van der Waals surface area contributed by atoms with E-state index in [0.717, 1.165) is 24.3 Å². The second-order valence-electron chi connectivity index (χ2n) is 4.25. The maximum atomic E-state index is 11.8. The summed E-state index contributed by atoms with van der Waals surface area (Å²) in [5, 5.41) is 16.6. The number of carbonyl (C=O) groups is 1. The molecule has 0 aromatic carbocycles. The Bertz CT molecular complexity index is 440. The fourth-order valence-electron chi connectivity index (χ4n) is 1.95. The second-order valence-corrected chi connectivity index (χ2v) is 5.31. The summed E-state index contributed by atoms with van der Waals surface area (Å²) in [5.41, 5.74) is 0. The third-order valence-corrected chi connectivity index (χ3v) is 3.95. The number of rotatable bonds is 4. The van der Waals surface area contributed by atoms with E-state index in [1.54, 1.807) is 0 Å². The predicted molar refractivity (Wildman–Crippen MR) is 68.9 cm³/mol. The Morgan fingerprint density at radius 1 is 1.56 bits per heavy atom. The maximum absolute atomic E-state index is 11.8. The molecule has 1 aromatic rings. The van der Waals surface area contributed by atoms with Crippen molar-refractivity contribution < 1.29 is 9.72 Å². The van der Waals surface area contributed by atoms with Gasteiger partial charge < -0.3 is 10.6 Å². The molecule has 18 heavy (non-hydrogen) atoms. The zero-order valence-electron chi connectivity index (χ0n) is 9.85. The zero-order valence-corrected chi connectivity index (χ0v) is 10.7. The molecule has 1 aliphatic heterocycles. The van der Waals surface area contributed by atoms with Crippen LogP contribution in [0.4, 0.5) is 5.00 Å². The van der Waals surface area contributed by atoms with Crippen LogP contribution in [-0.2, 0) is 0 Å². The summed E-state index contributed by atoms with van der Waals surface area (Å²) in [4.78, 5) is 22.2. The largest absolute Gasteiger partial charge is 0.350 e. The topological polar surface area (TPSA) is 84.3 Å². The summed E-state index contributed by atoms with van der Waals surface area (Å²) in [6.07, 6.45) is 3.42. The lowest BCUT2D eigenvalue weighted by Crippen LogP contribution is -2.43. The van der Waals surface area contributed by atoms with Crippen molar-refractivity contribution in [3.8, 4) is 0 Å². The highest BCUT2D eigenvalue weighted by molar-refractivity contribution is 7.17. The Kier molecular flexibility index (Phi) is 4.27. The highest BCUT2D eigenvalue weighted by atomic mass is 32.1. The number of amides is 1. The fourth-order valence-corrected chi connectivity index (χ4v) is 2.69. The van der Waals surface area contributed by atoms with Gasteiger partial charge in [-0.05, 0) is 25.5 Å². The minimum Gasteiger partial charge on any atom is -0.350 e. The van der Waals surface area contributed by atoms with Gasteiger partial charge in [-0.2, -0.15) is 0 Å². The molecule has 1 amide bonds. The molecule has 0 aliphatic carbocycles. The second kappa shape index (κ2) is 5.92. The molecular formula is C11H15N3O3S. The van der Waals surface area contributed by atoms with Crippen molar-refractivity contribution in [1.29, 1.82) is 0 Å². The Labute approximate surface area is 109 Å². The predicted octanol–water partition coefficient (Wildman–Crippen LogP) is 1.53. The van der Waals surface area contributed by atoms with Gasteiger partial charge in [-0.1, -0.05) is 17.8 Å². The Hall–Kier alpha value is -1.47. The third-order valence-electron chi connectivity index (χ3n) is 2.92. The van der Waals surface area contributed by atoms with Crippen LogP contribution in [0, 0.1) is 10.1 Å². The molecular weight excluding hydrogens is 254 g/mol. The molecule has 6 nitrogen and oxygen atoms in total. The molecule has 0 spiro atoms. The van der Waals surface area contributed by atoms with Crippen molar-refractivity contribution in [1.82, 2.24) is 10.6 Å². The number of piperidine rings is 1. The summed E-state index contributed by atoms with van der Waals surface area (Å²) in [6, 6.07) is 3.17. The number of hydrogen-bond acceptors (Lipinski definition) is 5. The van der Waals surface area contributed by atoms with Crippen molar-refractivity contribution >= 4 is 22.2 Å². The van der Waals surface area contributed by atoms with Crippen LogP contribution in [0.25, 0.3) is 0 Å². The van der Waals surface area contributed by atoms with Crippen molar-refractivity contribution in [2.24, 2.45) is 0 Å². The van der Waals surface area contributed by atoms with Crippen molar-refractivity contribution in [3.05, 3.63) is 27.1 Å². The first-order chi connectivity index (χ1) is 8.66. The van der Waals surface area contributed by atoms with Crippen LogP contribution in [0.5, 0.6) is 0 Å². The monoisotopic (exact) mass is 269 g/mol. The average Bonchev–Trinajstić information content (AvgIpc) is 2.87. The molecule has 2 N–H and O–H groups in total. The quantitative estimate of drug-likeness (QED) is 0.641. The Morgan fingerprint density at radius 3 is 3.00 bits per heavy atom. The highest BCUT2D eigenvalue weighted by Gasteiger charge is 2.17. The lowest BCUT2D eigenvalue weighted by molar-refractivity contribution is -0.380. The van der Waals surface area contributed by atoms with Crippen molar-refractivity contribution in [2.45, 2.75) is 25.3 Å². The molecule has 7 heteroatoms. The van der Waals surface area contributed by atoms with Crippen molar-refractivity contribution in [3.63, 3.8) is 0 Å². The summed E-state index contributed by atoms with van der Waals surface area (Å²) >= 11 is 0.904. The van der Waals surface area contributed by atoms with Crippen molar-refractivity contribution in [2.75, 3.05) is 13.1 Å². The smallest absolute Gasteiger partial charge is 0.324 e. The molecule has 0 bridgehead atoms. The Balaban J connectivity index is 1.84. The molecule has 2 heterocycles. The van der Waals surface area contributed by atoms with Gasteiger partial charge in [-0.3, -0.25) is 14.9 Å². The first kappa shape index (κ1) is 13.0. The van der Waals surface area contributed by atoms with E-state index in [1.807, 2.05) is 0 Å². The summed E-state index contributed by atoms with van der Waals surface area (Å²) < 4.78 is 0. The van der Waals surface area contributed by atoms with Gasteiger partial charge in [0, 0.05) is 18.7 Å². The average molecular weight is 269 g/mol. The van der Waals surface area contributed by atoms with Gasteiger partial charge in [0.05, 0.1) is 9.80 Å². The van der Waals surface area contributed by atoms with Crippen LogP contribution >= 0.6 is 11.3 Å². The van der Waals surface area contributed by atoms with Gasteiger partial charge in [0.2, 0.25) is 0 Å². The van der Waals surface area contributed by atoms with E-state index in [1.165, 1.54) is 25.0 Å². The molecule has 1 fully saturated rings. The summed E-state index contributed by atoms with van der Waals surface area (Å²) in [7, 11) is 0. The number of carbonyl (C=O) groups excluding carboxylic acids is 1. The molecule has 1 aliphatic rings. The SMILES string of the molecule is O=C(NCC1CCCCN1)c1ccc([N+](=O)[O-])s1. The zero-order chi connectivity index (χ0) is 13.0. The van der Waals surface area contributed by atoms with E-state index in [4.69, 9.17) is 0 Å². The number of thiophene rings is 1. The summed E-state index contributed by atoms with van der Waals surface area (Å²) in [5.74, 6) is -0.236. The van der Waals surface area contributed by atoms with Crippen LogP contribution in [-0.4, -0.2) is 30.0 Å². The van der Waals surface area contributed by atoms with Gasteiger partial charge in [-0.25, -0.2) is 0 Å². The van der Waals surface area contributed by atoms with Crippen LogP contribution in [0.1, 0.15) is 28.9 Å². The number of hydrogen-bond donors (Lipinski definition) is 2. The van der Waals surface area contributed by atoms with Gasteiger partial charge in [-0.15, -0.1) is 0 Å².